The van der Waals surface area contributed by atoms with E-state index < -0.39 is 11.3 Å². The van der Waals surface area contributed by atoms with E-state index in [0.29, 0.717) is 12.6 Å². The van der Waals surface area contributed by atoms with Crippen LogP contribution in [0.4, 0.5) is 0 Å². The highest BCUT2D eigenvalue weighted by molar-refractivity contribution is 7.78. The zero-order valence-corrected chi connectivity index (χ0v) is 11.4. The van der Waals surface area contributed by atoms with E-state index in [0.717, 1.165) is 0 Å². The van der Waals surface area contributed by atoms with E-state index in [2.05, 4.69) is 44.7 Å². The average Bonchev–Trinajstić information content (AvgIpc) is 2.09. The molecule has 0 aromatic heterocycles. The van der Waals surface area contributed by atoms with Gasteiger partial charge in [0, 0.05) is 12.1 Å². The molecule has 0 saturated carbocycles. The molecule has 2 N–H and O–H groups in total. The number of hydrogen-bond acceptors (Lipinski definition) is 3. The van der Waals surface area contributed by atoms with Gasteiger partial charge >= 0.3 is 0 Å². The summed E-state index contributed by atoms with van der Waals surface area (Å²) in [6, 6.07) is 0.579. The summed E-state index contributed by atoms with van der Waals surface area (Å²) in [5, 5.41) is 3.41. The largest absolute Gasteiger partial charge is 0.309 e. The first-order valence-corrected chi connectivity index (χ1v) is 6.33. The first kappa shape index (κ1) is 15.0. The SMILES string of the molecule is CNS(=O)OC[C@@H](NC(C)C)C(C)(C)C. The summed E-state index contributed by atoms with van der Waals surface area (Å²) in [6.07, 6.45) is 0. The third-order valence-electron chi connectivity index (χ3n) is 2.09. The summed E-state index contributed by atoms with van der Waals surface area (Å²) in [7, 11) is 1.61. The van der Waals surface area contributed by atoms with Gasteiger partial charge in [-0.15, -0.1) is 0 Å². The molecule has 0 spiro atoms. The Hall–Kier alpha value is 0.0300. The summed E-state index contributed by atoms with van der Waals surface area (Å²) in [5.74, 6) is 0. The van der Waals surface area contributed by atoms with Crippen LogP contribution >= 0.6 is 0 Å². The minimum atomic E-state index is -1.39. The summed E-state index contributed by atoms with van der Waals surface area (Å²) >= 11 is -1.39. The van der Waals surface area contributed by atoms with Crippen LogP contribution in [0.1, 0.15) is 34.6 Å². The van der Waals surface area contributed by atoms with Gasteiger partial charge in [0.1, 0.15) is 0 Å². The van der Waals surface area contributed by atoms with Gasteiger partial charge in [-0.05, 0) is 12.5 Å². The summed E-state index contributed by atoms with van der Waals surface area (Å²) in [4.78, 5) is 0. The van der Waals surface area contributed by atoms with Gasteiger partial charge in [0.25, 0.3) is 0 Å². The van der Waals surface area contributed by atoms with E-state index >= 15 is 0 Å². The van der Waals surface area contributed by atoms with Gasteiger partial charge in [-0.1, -0.05) is 34.6 Å². The van der Waals surface area contributed by atoms with Crippen molar-refractivity contribution in [3.63, 3.8) is 0 Å². The lowest BCUT2D eigenvalue weighted by Gasteiger charge is -2.32. The molecular weight excluding hydrogens is 212 g/mol. The third kappa shape index (κ3) is 7.00. The third-order valence-corrected chi connectivity index (χ3v) is 2.77. The Kier molecular flexibility index (Phi) is 6.59. The zero-order chi connectivity index (χ0) is 12.1. The Morgan fingerprint density at radius 1 is 1.33 bits per heavy atom. The van der Waals surface area contributed by atoms with Crippen LogP contribution in [0, 0.1) is 5.41 Å². The molecule has 15 heavy (non-hydrogen) atoms. The second kappa shape index (κ2) is 6.58. The molecule has 0 fully saturated rings. The topological polar surface area (TPSA) is 50.4 Å². The van der Waals surface area contributed by atoms with Crippen molar-refractivity contribution in [2.75, 3.05) is 13.7 Å². The fourth-order valence-corrected chi connectivity index (χ4v) is 1.52. The van der Waals surface area contributed by atoms with Gasteiger partial charge in [0.15, 0.2) is 0 Å². The van der Waals surface area contributed by atoms with Crippen LogP contribution in [0.3, 0.4) is 0 Å². The van der Waals surface area contributed by atoms with Gasteiger partial charge in [-0.3, -0.25) is 4.18 Å². The molecule has 0 heterocycles. The molecule has 0 saturated heterocycles. The first-order chi connectivity index (χ1) is 6.77. The Morgan fingerprint density at radius 2 is 1.87 bits per heavy atom. The van der Waals surface area contributed by atoms with Crippen molar-refractivity contribution in [3.8, 4) is 0 Å². The fourth-order valence-electron chi connectivity index (χ4n) is 1.14. The normalized spacial score (nSPS) is 16.7. The van der Waals surface area contributed by atoms with Gasteiger partial charge in [-0.2, -0.15) is 0 Å². The van der Waals surface area contributed by atoms with Crippen LogP contribution in [0.5, 0.6) is 0 Å². The average molecular weight is 236 g/mol. The van der Waals surface area contributed by atoms with E-state index in [1.54, 1.807) is 7.05 Å². The molecule has 0 aliphatic rings. The van der Waals surface area contributed by atoms with E-state index in [9.17, 15) is 4.21 Å². The van der Waals surface area contributed by atoms with Gasteiger partial charge in [-0.25, -0.2) is 8.93 Å². The predicted molar refractivity (Wildman–Crippen MR) is 64.7 cm³/mol. The van der Waals surface area contributed by atoms with Crippen LogP contribution < -0.4 is 10.0 Å². The van der Waals surface area contributed by atoms with Crippen molar-refractivity contribution >= 4 is 11.3 Å². The highest BCUT2D eigenvalue weighted by Crippen LogP contribution is 2.20. The second-order valence-corrected chi connectivity index (χ2v) is 6.08. The smallest absolute Gasteiger partial charge is 0.234 e. The molecule has 2 atom stereocenters. The second-order valence-electron chi connectivity index (χ2n) is 4.96. The predicted octanol–water partition coefficient (Wildman–Crippen LogP) is 1.21. The van der Waals surface area contributed by atoms with E-state index in [-0.39, 0.29) is 11.5 Å². The van der Waals surface area contributed by atoms with Crippen LogP contribution in [-0.2, 0) is 15.4 Å². The van der Waals surface area contributed by atoms with Crippen molar-refractivity contribution in [1.82, 2.24) is 10.0 Å². The molecule has 0 amide bonds. The lowest BCUT2D eigenvalue weighted by Crippen LogP contribution is -2.47. The molecule has 0 aromatic carbocycles. The van der Waals surface area contributed by atoms with Crippen molar-refractivity contribution < 1.29 is 8.39 Å². The van der Waals surface area contributed by atoms with Gasteiger partial charge in [0.2, 0.25) is 11.3 Å². The molecule has 0 rings (SSSR count). The molecule has 0 radical (unpaired) electrons. The molecule has 92 valence electrons. The fraction of sp³-hybridized carbons (Fsp3) is 1.00. The van der Waals surface area contributed by atoms with Crippen LogP contribution in [0.2, 0.25) is 0 Å². The first-order valence-electron chi connectivity index (χ1n) is 5.26. The summed E-state index contributed by atoms with van der Waals surface area (Å²) in [5.41, 5.74) is 0.0855. The molecular formula is C10H24N2O2S. The Morgan fingerprint density at radius 3 is 2.20 bits per heavy atom. The van der Waals surface area contributed by atoms with Crippen molar-refractivity contribution in [2.45, 2.75) is 46.7 Å². The highest BCUT2D eigenvalue weighted by atomic mass is 32.2. The van der Waals surface area contributed by atoms with Crippen molar-refractivity contribution in [3.05, 3.63) is 0 Å². The molecule has 4 nitrogen and oxygen atoms in total. The Balaban J connectivity index is 4.20. The molecule has 1 unspecified atom stereocenters. The molecule has 0 bridgehead atoms. The lowest BCUT2D eigenvalue weighted by molar-refractivity contribution is 0.175. The van der Waals surface area contributed by atoms with Crippen LogP contribution in [0.15, 0.2) is 0 Å². The Labute approximate surface area is 96.0 Å². The van der Waals surface area contributed by atoms with E-state index in [1.165, 1.54) is 0 Å². The van der Waals surface area contributed by atoms with Crippen LogP contribution in [-0.4, -0.2) is 29.9 Å². The maximum Gasteiger partial charge on any atom is 0.234 e. The number of rotatable bonds is 6. The molecule has 0 aliphatic carbocycles. The Bertz CT molecular complexity index is 202. The minimum absolute atomic E-state index is 0.0855. The highest BCUT2D eigenvalue weighted by Gasteiger charge is 2.25. The minimum Gasteiger partial charge on any atom is -0.309 e. The monoisotopic (exact) mass is 236 g/mol. The van der Waals surface area contributed by atoms with Crippen molar-refractivity contribution in [2.24, 2.45) is 5.41 Å². The lowest BCUT2D eigenvalue weighted by atomic mass is 9.87. The van der Waals surface area contributed by atoms with E-state index in [4.69, 9.17) is 4.18 Å². The molecule has 5 heteroatoms. The standard InChI is InChI=1S/C10H24N2O2S/c1-8(2)12-9(10(3,4)5)7-14-15(13)11-6/h8-9,11-12H,7H2,1-6H3/t9-,15?/m1/s1. The maximum atomic E-state index is 11.1. The zero-order valence-electron chi connectivity index (χ0n) is 10.6. The van der Waals surface area contributed by atoms with Gasteiger partial charge in [0.05, 0.1) is 6.61 Å². The van der Waals surface area contributed by atoms with E-state index in [1.807, 2.05) is 0 Å². The van der Waals surface area contributed by atoms with Crippen LogP contribution in [0.25, 0.3) is 0 Å². The number of nitrogens with one attached hydrogen (secondary N) is 2. The molecule has 0 aliphatic heterocycles. The summed E-state index contributed by atoms with van der Waals surface area (Å²) < 4.78 is 18.8. The molecule has 0 aromatic rings. The summed E-state index contributed by atoms with van der Waals surface area (Å²) in [6.45, 7) is 11.0. The quantitative estimate of drug-likeness (QED) is 0.729. The van der Waals surface area contributed by atoms with Gasteiger partial charge < -0.3 is 5.32 Å². The maximum absolute atomic E-state index is 11.1. The van der Waals surface area contributed by atoms with Crippen molar-refractivity contribution in [1.29, 1.82) is 0 Å². The number of hydrogen-bond donors (Lipinski definition) is 2.